The van der Waals surface area contributed by atoms with Crippen LogP contribution in [0.3, 0.4) is 0 Å². The molecular formula is C11H17N3O2. The maximum Gasteiger partial charge on any atom is 0.295 e. The number of carbonyl (C=O) groups excluding carboxylic acids is 2. The SMILES string of the molecule is CNC(=O)C#CCN1CC[C@H](C(=O)NC)C1. The van der Waals surface area contributed by atoms with Crippen LogP contribution in [0.1, 0.15) is 6.42 Å². The van der Waals surface area contributed by atoms with Crippen LogP contribution in [-0.4, -0.2) is 50.4 Å². The van der Waals surface area contributed by atoms with Crippen molar-refractivity contribution in [3.63, 3.8) is 0 Å². The van der Waals surface area contributed by atoms with E-state index in [2.05, 4.69) is 27.4 Å². The molecule has 5 nitrogen and oxygen atoms in total. The summed E-state index contributed by atoms with van der Waals surface area (Å²) in [7, 11) is 3.20. The topological polar surface area (TPSA) is 61.4 Å². The van der Waals surface area contributed by atoms with Crippen molar-refractivity contribution in [3.8, 4) is 11.8 Å². The van der Waals surface area contributed by atoms with Crippen LogP contribution in [-0.2, 0) is 9.59 Å². The molecule has 0 bridgehead atoms. The molecule has 1 aliphatic heterocycles. The Kier molecular flexibility index (Phi) is 4.80. The Balaban J connectivity index is 2.33. The first-order valence-corrected chi connectivity index (χ1v) is 5.32. The first-order valence-electron chi connectivity index (χ1n) is 5.32. The molecule has 0 aliphatic carbocycles. The van der Waals surface area contributed by atoms with Crippen LogP contribution >= 0.6 is 0 Å². The second kappa shape index (κ2) is 6.13. The Morgan fingerprint density at radius 2 is 2.12 bits per heavy atom. The first kappa shape index (κ1) is 12.5. The lowest BCUT2D eigenvalue weighted by Gasteiger charge is -2.11. The Morgan fingerprint density at radius 1 is 1.38 bits per heavy atom. The number of hydrogen-bond donors (Lipinski definition) is 2. The minimum atomic E-state index is -0.276. The van der Waals surface area contributed by atoms with Crippen LogP contribution in [0.2, 0.25) is 0 Å². The zero-order valence-corrected chi connectivity index (χ0v) is 9.67. The molecule has 1 saturated heterocycles. The second-order valence-corrected chi connectivity index (χ2v) is 3.72. The Bertz CT molecular complexity index is 330. The molecule has 1 heterocycles. The van der Waals surface area contributed by atoms with E-state index < -0.39 is 0 Å². The van der Waals surface area contributed by atoms with Crippen molar-refractivity contribution in [2.45, 2.75) is 6.42 Å². The fourth-order valence-electron chi connectivity index (χ4n) is 1.69. The van der Waals surface area contributed by atoms with Crippen molar-refractivity contribution >= 4 is 11.8 Å². The van der Waals surface area contributed by atoms with E-state index in [0.29, 0.717) is 6.54 Å². The summed E-state index contributed by atoms with van der Waals surface area (Å²) < 4.78 is 0. The van der Waals surface area contributed by atoms with Crippen molar-refractivity contribution in [1.82, 2.24) is 15.5 Å². The normalized spacial score (nSPS) is 19.8. The van der Waals surface area contributed by atoms with Gasteiger partial charge in [0.05, 0.1) is 12.5 Å². The van der Waals surface area contributed by atoms with Gasteiger partial charge in [0, 0.05) is 20.6 Å². The van der Waals surface area contributed by atoms with Crippen LogP contribution < -0.4 is 10.6 Å². The van der Waals surface area contributed by atoms with Gasteiger partial charge in [-0.25, -0.2) is 0 Å². The molecule has 2 N–H and O–H groups in total. The maximum atomic E-state index is 11.4. The number of likely N-dealkylation sites (tertiary alicyclic amines) is 1. The molecule has 0 saturated carbocycles. The fourth-order valence-corrected chi connectivity index (χ4v) is 1.69. The maximum absolute atomic E-state index is 11.4. The summed E-state index contributed by atoms with van der Waals surface area (Å²) in [5.74, 6) is 5.13. The van der Waals surface area contributed by atoms with Crippen LogP contribution in [0.5, 0.6) is 0 Å². The zero-order chi connectivity index (χ0) is 12.0. The lowest BCUT2D eigenvalue weighted by molar-refractivity contribution is -0.124. The average molecular weight is 223 g/mol. The molecule has 0 radical (unpaired) electrons. The molecule has 0 aromatic carbocycles. The fraction of sp³-hybridized carbons (Fsp3) is 0.636. The summed E-state index contributed by atoms with van der Waals surface area (Å²) in [5, 5.41) is 5.08. The minimum absolute atomic E-state index is 0.0619. The number of rotatable bonds is 2. The predicted molar refractivity (Wildman–Crippen MR) is 60.5 cm³/mol. The second-order valence-electron chi connectivity index (χ2n) is 3.72. The van der Waals surface area contributed by atoms with E-state index in [-0.39, 0.29) is 17.7 Å². The van der Waals surface area contributed by atoms with E-state index in [4.69, 9.17) is 0 Å². The van der Waals surface area contributed by atoms with Gasteiger partial charge in [0.2, 0.25) is 5.91 Å². The van der Waals surface area contributed by atoms with E-state index in [1.165, 1.54) is 0 Å². The van der Waals surface area contributed by atoms with E-state index in [1.54, 1.807) is 14.1 Å². The van der Waals surface area contributed by atoms with Gasteiger partial charge in [0.1, 0.15) is 0 Å². The number of hydrogen-bond acceptors (Lipinski definition) is 3. The highest BCUT2D eigenvalue weighted by Gasteiger charge is 2.26. The van der Waals surface area contributed by atoms with E-state index >= 15 is 0 Å². The average Bonchev–Trinajstić information content (AvgIpc) is 2.76. The van der Waals surface area contributed by atoms with Crippen molar-refractivity contribution < 1.29 is 9.59 Å². The highest BCUT2D eigenvalue weighted by Crippen LogP contribution is 2.15. The van der Waals surface area contributed by atoms with Gasteiger partial charge in [-0.05, 0) is 18.9 Å². The molecule has 1 atom stereocenters. The molecule has 1 aliphatic rings. The lowest BCUT2D eigenvalue weighted by Crippen LogP contribution is -2.30. The third-order valence-corrected chi connectivity index (χ3v) is 2.62. The largest absolute Gasteiger partial charge is 0.359 e. The molecule has 16 heavy (non-hydrogen) atoms. The third kappa shape index (κ3) is 3.55. The Labute approximate surface area is 95.6 Å². The van der Waals surface area contributed by atoms with Gasteiger partial charge in [0.25, 0.3) is 5.91 Å². The molecule has 88 valence electrons. The molecule has 2 amide bonds. The van der Waals surface area contributed by atoms with Gasteiger partial charge >= 0.3 is 0 Å². The lowest BCUT2D eigenvalue weighted by atomic mass is 10.1. The molecule has 0 unspecified atom stereocenters. The summed E-state index contributed by atoms with van der Waals surface area (Å²) >= 11 is 0. The van der Waals surface area contributed by atoms with Crippen molar-refractivity contribution in [2.75, 3.05) is 33.7 Å². The van der Waals surface area contributed by atoms with Gasteiger partial charge in [-0.3, -0.25) is 14.5 Å². The molecule has 1 rings (SSSR count). The van der Waals surface area contributed by atoms with Crippen molar-refractivity contribution in [1.29, 1.82) is 0 Å². The standard InChI is InChI=1S/C11H17N3O2/c1-12-10(15)4-3-6-14-7-5-9(8-14)11(16)13-2/h9H,5-8H2,1-2H3,(H,12,15)(H,13,16)/t9-/m0/s1. The smallest absolute Gasteiger partial charge is 0.295 e. The van der Waals surface area contributed by atoms with Crippen LogP contribution in [0.25, 0.3) is 0 Å². The molecule has 1 fully saturated rings. The summed E-state index contributed by atoms with van der Waals surface area (Å²) in [6.45, 7) is 2.13. The summed E-state index contributed by atoms with van der Waals surface area (Å²) in [6, 6.07) is 0. The summed E-state index contributed by atoms with van der Waals surface area (Å²) in [6.07, 6.45) is 0.862. The Hall–Kier alpha value is -1.54. The van der Waals surface area contributed by atoms with Gasteiger partial charge in [0.15, 0.2) is 0 Å². The van der Waals surface area contributed by atoms with Gasteiger partial charge in [-0.15, -0.1) is 0 Å². The van der Waals surface area contributed by atoms with Gasteiger partial charge in [-0.1, -0.05) is 5.92 Å². The minimum Gasteiger partial charge on any atom is -0.359 e. The van der Waals surface area contributed by atoms with E-state index in [9.17, 15) is 9.59 Å². The number of carbonyl (C=O) groups is 2. The molecule has 5 heteroatoms. The number of nitrogens with one attached hydrogen (secondary N) is 2. The van der Waals surface area contributed by atoms with Crippen LogP contribution in [0.15, 0.2) is 0 Å². The van der Waals surface area contributed by atoms with Crippen LogP contribution in [0.4, 0.5) is 0 Å². The molecule has 0 spiro atoms. The van der Waals surface area contributed by atoms with E-state index in [1.807, 2.05) is 0 Å². The van der Waals surface area contributed by atoms with Crippen molar-refractivity contribution in [3.05, 3.63) is 0 Å². The van der Waals surface area contributed by atoms with Crippen LogP contribution in [0, 0.1) is 17.8 Å². The summed E-state index contributed by atoms with van der Waals surface area (Å²) in [4.78, 5) is 24.3. The highest BCUT2D eigenvalue weighted by atomic mass is 16.2. The van der Waals surface area contributed by atoms with Gasteiger partial charge in [-0.2, -0.15) is 0 Å². The molecule has 0 aromatic heterocycles. The Morgan fingerprint density at radius 3 is 2.75 bits per heavy atom. The summed E-state index contributed by atoms with van der Waals surface area (Å²) in [5.41, 5.74) is 0. The highest BCUT2D eigenvalue weighted by molar-refractivity contribution is 5.93. The molecule has 0 aromatic rings. The monoisotopic (exact) mass is 223 g/mol. The molecular weight excluding hydrogens is 206 g/mol. The third-order valence-electron chi connectivity index (χ3n) is 2.62. The predicted octanol–water partition coefficient (Wildman–Crippen LogP) is -1.20. The van der Waals surface area contributed by atoms with Gasteiger partial charge < -0.3 is 10.6 Å². The number of amides is 2. The zero-order valence-electron chi connectivity index (χ0n) is 9.67. The van der Waals surface area contributed by atoms with Crippen molar-refractivity contribution in [2.24, 2.45) is 5.92 Å². The van der Waals surface area contributed by atoms with E-state index in [0.717, 1.165) is 19.5 Å². The number of nitrogens with zero attached hydrogens (tertiary/aromatic N) is 1. The quantitative estimate of drug-likeness (QED) is 0.578. The first-order chi connectivity index (χ1) is 7.67.